The number of nitriles is 1. The Morgan fingerprint density at radius 1 is 1.40 bits per heavy atom. The van der Waals surface area contributed by atoms with Crippen molar-refractivity contribution in [2.24, 2.45) is 5.92 Å². The van der Waals surface area contributed by atoms with Crippen LogP contribution >= 0.6 is 0 Å². The Labute approximate surface area is 147 Å². The van der Waals surface area contributed by atoms with E-state index in [-0.39, 0.29) is 30.2 Å². The van der Waals surface area contributed by atoms with Gasteiger partial charge in [-0.15, -0.1) is 0 Å². The van der Waals surface area contributed by atoms with Crippen LogP contribution in [0.5, 0.6) is 5.75 Å². The third kappa shape index (κ3) is 3.59. The first kappa shape index (κ1) is 17.2. The highest BCUT2D eigenvalue weighted by Gasteiger charge is 2.41. The Balaban J connectivity index is 1.55. The molecule has 2 saturated heterocycles. The topological polar surface area (TPSA) is 85.7 Å². The summed E-state index contributed by atoms with van der Waals surface area (Å²) in [6.07, 6.45) is 0.280. The Morgan fingerprint density at radius 2 is 2.16 bits per heavy atom. The fraction of sp³-hybridized carbons (Fsp3) is 0.500. The lowest BCUT2D eigenvalue weighted by Crippen LogP contribution is -2.58. The molecular weight excluding hydrogens is 320 g/mol. The van der Waals surface area contributed by atoms with Gasteiger partial charge in [0.05, 0.1) is 24.6 Å². The van der Waals surface area contributed by atoms with Gasteiger partial charge in [0.25, 0.3) is 0 Å². The number of ether oxygens (including phenoxy) is 1. The number of amides is 2. The molecule has 0 aromatic heterocycles. The molecule has 2 fully saturated rings. The largest absolute Gasteiger partial charge is 0.495 e. The van der Waals surface area contributed by atoms with Crippen LogP contribution in [0.3, 0.4) is 0 Å². The highest BCUT2D eigenvalue weighted by Crippen LogP contribution is 2.24. The number of methoxy groups -OCH3 is 1. The second-order valence-electron chi connectivity index (χ2n) is 6.69. The normalized spacial score (nSPS) is 20.9. The molecule has 1 atom stereocenters. The van der Waals surface area contributed by atoms with Crippen molar-refractivity contribution in [3.8, 4) is 11.8 Å². The van der Waals surface area contributed by atoms with Crippen molar-refractivity contribution in [1.82, 2.24) is 15.1 Å². The van der Waals surface area contributed by atoms with Gasteiger partial charge in [0.1, 0.15) is 11.8 Å². The average molecular weight is 342 g/mol. The zero-order valence-electron chi connectivity index (χ0n) is 14.5. The fourth-order valence-electron chi connectivity index (χ4n) is 3.39. The number of carbonyl (C=O) groups is 2. The van der Waals surface area contributed by atoms with Crippen molar-refractivity contribution in [1.29, 1.82) is 5.26 Å². The standard InChI is InChI=1S/C18H22N4O3/c1-21-10-15(11-21)22-9-14(6-17(22)23)18(24)20-8-12-3-4-13(7-19)16(5-12)25-2/h3-5,14-15H,6,8-11H2,1-2H3,(H,20,24). The first-order valence-electron chi connectivity index (χ1n) is 8.34. The third-order valence-electron chi connectivity index (χ3n) is 4.87. The Kier molecular flexibility index (Phi) is 4.91. The zero-order chi connectivity index (χ0) is 18.0. The Bertz CT molecular complexity index is 722. The summed E-state index contributed by atoms with van der Waals surface area (Å²) >= 11 is 0. The molecular formula is C18H22N4O3. The van der Waals surface area contributed by atoms with Crippen molar-refractivity contribution >= 4 is 11.8 Å². The summed E-state index contributed by atoms with van der Waals surface area (Å²) in [6.45, 7) is 2.61. The van der Waals surface area contributed by atoms with E-state index in [9.17, 15) is 9.59 Å². The predicted octanol–water partition coefficient (Wildman–Crippen LogP) is 0.346. The number of likely N-dealkylation sites (tertiary alicyclic amines) is 2. The molecule has 2 heterocycles. The molecule has 0 saturated carbocycles. The van der Waals surface area contributed by atoms with Crippen LogP contribution in [-0.2, 0) is 16.1 Å². The van der Waals surface area contributed by atoms with Crippen molar-refractivity contribution in [2.75, 3.05) is 33.8 Å². The summed E-state index contributed by atoms with van der Waals surface area (Å²) in [6, 6.07) is 7.52. The van der Waals surface area contributed by atoms with E-state index in [2.05, 4.69) is 16.3 Å². The minimum Gasteiger partial charge on any atom is -0.495 e. The molecule has 7 heteroatoms. The van der Waals surface area contributed by atoms with Crippen LogP contribution in [-0.4, -0.2) is 61.4 Å². The Morgan fingerprint density at radius 3 is 2.80 bits per heavy atom. The molecule has 2 amide bonds. The van der Waals surface area contributed by atoms with Crippen molar-refractivity contribution in [3.05, 3.63) is 29.3 Å². The molecule has 1 unspecified atom stereocenters. The molecule has 3 rings (SSSR count). The van der Waals surface area contributed by atoms with E-state index in [0.717, 1.165) is 18.7 Å². The minimum absolute atomic E-state index is 0.0679. The van der Waals surface area contributed by atoms with Crippen LogP contribution < -0.4 is 10.1 Å². The van der Waals surface area contributed by atoms with E-state index in [1.807, 2.05) is 11.9 Å². The Hall–Kier alpha value is -2.59. The van der Waals surface area contributed by atoms with Crippen LogP contribution in [0, 0.1) is 17.2 Å². The lowest BCUT2D eigenvalue weighted by atomic mass is 10.1. The van der Waals surface area contributed by atoms with E-state index >= 15 is 0 Å². The van der Waals surface area contributed by atoms with Gasteiger partial charge in [-0.1, -0.05) is 6.07 Å². The van der Waals surface area contributed by atoms with Crippen molar-refractivity contribution in [2.45, 2.75) is 19.0 Å². The van der Waals surface area contributed by atoms with Gasteiger partial charge in [0.2, 0.25) is 11.8 Å². The quantitative estimate of drug-likeness (QED) is 0.834. The van der Waals surface area contributed by atoms with E-state index < -0.39 is 0 Å². The van der Waals surface area contributed by atoms with E-state index in [4.69, 9.17) is 10.00 Å². The number of nitrogens with zero attached hydrogens (tertiary/aromatic N) is 3. The maximum Gasteiger partial charge on any atom is 0.225 e. The number of benzene rings is 1. The maximum absolute atomic E-state index is 12.4. The smallest absolute Gasteiger partial charge is 0.225 e. The number of carbonyl (C=O) groups excluding carboxylic acids is 2. The van der Waals surface area contributed by atoms with Crippen molar-refractivity contribution in [3.63, 3.8) is 0 Å². The van der Waals surface area contributed by atoms with Gasteiger partial charge >= 0.3 is 0 Å². The molecule has 1 aromatic rings. The fourth-order valence-corrected chi connectivity index (χ4v) is 3.39. The first-order valence-corrected chi connectivity index (χ1v) is 8.34. The van der Waals surface area contributed by atoms with Gasteiger partial charge in [0.15, 0.2) is 0 Å². The first-order chi connectivity index (χ1) is 12.0. The summed E-state index contributed by atoms with van der Waals surface area (Å²) in [4.78, 5) is 28.5. The van der Waals surface area contributed by atoms with Crippen LogP contribution in [0.25, 0.3) is 0 Å². The maximum atomic E-state index is 12.4. The highest BCUT2D eigenvalue weighted by atomic mass is 16.5. The molecule has 1 N–H and O–H groups in total. The summed E-state index contributed by atoms with van der Waals surface area (Å²) in [5.74, 6) is 0.161. The van der Waals surface area contributed by atoms with Gasteiger partial charge in [-0.25, -0.2) is 0 Å². The third-order valence-corrected chi connectivity index (χ3v) is 4.87. The molecule has 25 heavy (non-hydrogen) atoms. The van der Waals surface area contributed by atoms with Gasteiger partial charge in [0, 0.05) is 32.6 Å². The molecule has 132 valence electrons. The number of nitrogens with one attached hydrogen (secondary N) is 1. The molecule has 7 nitrogen and oxygen atoms in total. The SMILES string of the molecule is COc1cc(CNC(=O)C2CC(=O)N(C3CN(C)C3)C2)ccc1C#N. The minimum atomic E-state index is -0.293. The summed E-state index contributed by atoms with van der Waals surface area (Å²) in [7, 11) is 3.53. The predicted molar refractivity (Wildman–Crippen MR) is 90.7 cm³/mol. The molecule has 0 radical (unpaired) electrons. The van der Waals surface area contributed by atoms with Gasteiger partial charge in [-0.2, -0.15) is 5.26 Å². The molecule has 2 aliphatic heterocycles. The van der Waals surface area contributed by atoms with E-state index in [1.165, 1.54) is 7.11 Å². The number of rotatable bonds is 5. The average Bonchev–Trinajstić information content (AvgIpc) is 2.97. The number of hydrogen-bond donors (Lipinski definition) is 1. The van der Waals surface area contributed by atoms with Gasteiger partial charge in [-0.05, 0) is 24.7 Å². The van der Waals surface area contributed by atoms with Gasteiger partial charge < -0.3 is 19.9 Å². The summed E-state index contributed by atoms with van der Waals surface area (Å²) < 4.78 is 5.17. The van der Waals surface area contributed by atoms with Gasteiger partial charge in [-0.3, -0.25) is 9.59 Å². The lowest BCUT2D eigenvalue weighted by molar-refractivity contribution is -0.132. The van der Waals surface area contributed by atoms with E-state index in [1.54, 1.807) is 18.2 Å². The lowest BCUT2D eigenvalue weighted by Gasteiger charge is -2.42. The molecule has 0 aliphatic carbocycles. The monoisotopic (exact) mass is 342 g/mol. The van der Waals surface area contributed by atoms with Crippen LogP contribution in [0.1, 0.15) is 17.5 Å². The number of likely N-dealkylation sites (N-methyl/N-ethyl adjacent to an activating group) is 1. The number of hydrogen-bond acceptors (Lipinski definition) is 5. The molecule has 0 bridgehead atoms. The van der Waals surface area contributed by atoms with Crippen molar-refractivity contribution < 1.29 is 14.3 Å². The summed E-state index contributed by atoms with van der Waals surface area (Å²) in [5, 5.41) is 11.9. The molecule has 0 spiro atoms. The van der Waals surface area contributed by atoms with Crippen LogP contribution in [0.15, 0.2) is 18.2 Å². The summed E-state index contributed by atoms with van der Waals surface area (Å²) in [5.41, 5.74) is 1.31. The van der Waals surface area contributed by atoms with Crippen LogP contribution in [0.2, 0.25) is 0 Å². The molecule has 2 aliphatic rings. The van der Waals surface area contributed by atoms with Crippen LogP contribution in [0.4, 0.5) is 0 Å². The van der Waals surface area contributed by atoms with E-state index in [0.29, 0.717) is 24.4 Å². The zero-order valence-corrected chi connectivity index (χ0v) is 14.5. The molecule has 1 aromatic carbocycles. The second-order valence-corrected chi connectivity index (χ2v) is 6.69. The second kappa shape index (κ2) is 7.11. The highest BCUT2D eigenvalue weighted by molar-refractivity contribution is 5.89.